The van der Waals surface area contributed by atoms with Crippen LogP contribution in [-0.2, 0) is 36.5 Å². The summed E-state index contributed by atoms with van der Waals surface area (Å²) in [6, 6.07) is 35.0. The first-order valence-corrected chi connectivity index (χ1v) is 27.5. The third kappa shape index (κ3) is 13.1. The Hall–Kier alpha value is -5.73. The van der Waals surface area contributed by atoms with Crippen LogP contribution in [0.3, 0.4) is 0 Å². The molecule has 2 aromatic heterocycles. The second-order valence-electron chi connectivity index (χ2n) is 21.3. The topological polar surface area (TPSA) is 96.7 Å². The van der Waals surface area contributed by atoms with E-state index in [1.165, 1.54) is 16.4 Å². The maximum atomic E-state index is 15.1. The Morgan fingerprint density at radius 2 is 1.50 bits per heavy atom. The number of allylic oxidation sites excluding steroid dienone is 1. The Labute approximate surface area is 426 Å². The van der Waals surface area contributed by atoms with E-state index < -0.39 is 37.6 Å². The molecule has 0 bridgehead atoms. The van der Waals surface area contributed by atoms with Crippen molar-refractivity contribution in [2.24, 2.45) is 0 Å². The van der Waals surface area contributed by atoms with Gasteiger partial charge in [-0.05, 0) is 120 Å². The lowest BCUT2D eigenvalue weighted by Crippen LogP contribution is -2.67. The van der Waals surface area contributed by atoms with Gasteiger partial charge in [0.2, 0.25) is 0 Å². The average Bonchev–Trinajstić information content (AvgIpc) is 3.74. The SMILES string of the molecule is CCOC(=O)C(OC(C)(C)C)c1c(C)nc2cc(C=CCc3cc(F)cc(F)c3OCc3ccccc3)nn2c1N1CCC(C)(OCCCC[C@@H](C)O[Si](c2ccccc2)(c2ccccc2)C(C)(C)C)CC1. The van der Waals surface area contributed by atoms with E-state index in [1.54, 1.807) is 23.6 Å². The van der Waals surface area contributed by atoms with E-state index in [9.17, 15) is 9.18 Å². The van der Waals surface area contributed by atoms with Gasteiger partial charge in [-0.3, -0.25) is 0 Å². The lowest BCUT2D eigenvalue weighted by molar-refractivity contribution is -0.166. The normalized spacial score (nSPS) is 15.2. The molecular weight excluding hydrogens is 927 g/mol. The number of nitrogens with zero attached hydrogens (tertiary/aromatic N) is 4. The summed E-state index contributed by atoms with van der Waals surface area (Å²) in [5.41, 5.74) is 2.51. The van der Waals surface area contributed by atoms with Crippen LogP contribution in [-0.4, -0.2) is 72.5 Å². The number of anilines is 1. The van der Waals surface area contributed by atoms with Gasteiger partial charge in [0.15, 0.2) is 23.3 Å². The molecule has 1 unspecified atom stereocenters. The fraction of sp³-hybridized carbons (Fsp3) is 0.441. The van der Waals surface area contributed by atoms with Crippen LogP contribution in [0.4, 0.5) is 14.6 Å². The molecule has 72 heavy (non-hydrogen) atoms. The molecule has 10 nitrogen and oxygen atoms in total. The van der Waals surface area contributed by atoms with Crippen molar-refractivity contribution in [3.05, 3.63) is 155 Å². The van der Waals surface area contributed by atoms with Crippen molar-refractivity contribution in [1.82, 2.24) is 14.6 Å². The summed E-state index contributed by atoms with van der Waals surface area (Å²) in [7, 11) is -2.65. The van der Waals surface area contributed by atoms with E-state index in [2.05, 4.69) is 100 Å². The third-order valence-corrected chi connectivity index (χ3v) is 18.5. The van der Waals surface area contributed by atoms with Crippen molar-refractivity contribution in [2.75, 3.05) is 31.2 Å². The Morgan fingerprint density at radius 3 is 2.10 bits per heavy atom. The monoisotopic (exact) mass is 1000 g/mol. The highest BCUT2D eigenvalue weighted by atomic mass is 28.4. The summed E-state index contributed by atoms with van der Waals surface area (Å²) in [4.78, 5) is 21.1. The molecule has 1 aliphatic heterocycles. The first kappa shape index (κ1) is 54.1. The van der Waals surface area contributed by atoms with Gasteiger partial charge < -0.3 is 28.3 Å². The van der Waals surface area contributed by atoms with E-state index in [-0.39, 0.29) is 42.1 Å². The number of hydrogen-bond acceptors (Lipinski definition) is 9. The molecule has 0 saturated carbocycles. The molecular formula is C59H74F2N4O6Si. The number of benzene rings is 4. The van der Waals surface area contributed by atoms with Crippen LogP contribution >= 0.6 is 0 Å². The molecule has 0 N–H and O–H groups in total. The van der Waals surface area contributed by atoms with Gasteiger partial charge in [-0.1, -0.05) is 118 Å². The zero-order valence-electron chi connectivity index (χ0n) is 44.0. The minimum Gasteiger partial charge on any atom is -0.486 e. The van der Waals surface area contributed by atoms with Crippen LogP contribution in [0, 0.1) is 18.6 Å². The van der Waals surface area contributed by atoms with Gasteiger partial charge >= 0.3 is 5.97 Å². The summed E-state index contributed by atoms with van der Waals surface area (Å²) in [5, 5.41) is 7.51. The summed E-state index contributed by atoms with van der Waals surface area (Å²) in [6.45, 7) is 22.9. The summed E-state index contributed by atoms with van der Waals surface area (Å²) < 4.78 is 63.6. The molecule has 13 heteroatoms. The van der Waals surface area contributed by atoms with Gasteiger partial charge in [-0.25, -0.2) is 18.6 Å². The van der Waals surface area contributed by atoms with Gasteiger partial charge in [-0.15, -0.1) is 0 Å². The molecule has 0 radical (unpaired) electrons. The van der Waals surface area contributed by atoms with Crippen LogP contribution in [0.15, 0.2) is 115 Å². The van der Waals surface area contributed by atoms with E-state index in [1.807, 2.05) is 64.1 Å². The maximum absolute atomic E-state index is 15.1. The molecule has 1 fully saturated rings. The lowest BCUT2D eigenvalue weighted by Gasteiger charge is -2.44. The van der Waals surface area contributed by atoms with Crippen LogP contribution in [0.5, 0.6) is 5.75 Å². The lowest BCUT2D eigenvalue weighted by atomic mass is 9.92. The number of hydrogen-bond donors (Lipinski definition) is 0. The highest BCUT2D eigenvalue weighted by molar-refractivity contribution is 6.99. The molecule has 6 aromatic rings. The van der Waals surface area contributed by atoms with Gasteiger partial charge in [0.05, 0.1) is 29.1 Å². The summed E-state index contributed by atoms with van der Waals surface area (Å²) in [5.74, 6) is -1.26. The molecule has 0 amide bonds. The van der Waals surface area contributed by atoms with Crippen LogP contribution in [0.1, 0.15) is 129 Å². The van der Waals surface area contributed by atoms with Gasteiger partial charge in [-0.2, -0.15) is 9.61 Å². The second-order valence-corrected chi connectivity index (χ2v) is 25.5. The van der Waals surface area contributed by atoms with E-state index in [4.69, 9.17) is 33.5 Å². The predicted molar refractivity (Wildman–Crippen MR) is 286 cm³/mol. The van der Waals surface area contributed by atoms with Crippen molar-refractivity contribution in [2.45, 2.75) is 143 Å². The van der Waals surface area contributed by atoms with Crippen molar-refractivity contribution < 1.29 is 36.9 Å². The number of esters is 1. The minimum absolute atomic E-state index is 0.000426. The first-order valence-electron chi connectivity index (χ1n) is 25.5. The number of fused-ring (bicyclic) bond motifs is 1. The molecule has 4 aromatic carbocycles. The fourth-order valence-corrected chi connectivity index (χ4v) is 14.6. The van der Waals surface area contributed by atoms with Crippen molar-refractivity contribution in [1.29, 1.82) is 0 Å². The zero-order valence-corrected chi connectivity index (χ0v) is 45.0. The highest BCUT2D eigenvalue weighted by Crippen LogP contribution is 2.40. The number of unbranched alkanes of at least 4 members (excludes halogenated alkanes) is 1. The van der Waals surface area contributed by atoms with E-state index in [0.717, 1.165) is 43.7 Å². The van der Waals surface area contributed by atoms with Gasteiger partial charge in [0.1, 0.15) is 18.2 Å². The summed E-state index contributed by atoms with van der Waals surface area (Å²) >= 11 is 0. The number of rotatable bonds is 21. The molecule has 0 spiro atoms. The maximum Gasteiger partial charge on any atom is 0.340 e. The second kappa shape index (κ2) is 23.4. The van der Waals surface area contributed by atoms with E-state index in [0.29, 0.717) is 53.7 Å². The van der Waals surface area contributed by atoms with Gasteiger partial charge in [0, 0.05) is 49.2 Å². The molecule has 3 heterocycles. The predicted octanol–water partition coefficient (Wildman–Crippen LogP) is 12.1. The largest absolute Gasteiger partial charge is 0.486 e. The number of halogens is 2. The number of aryl methyl sites for hydroxylation is 1. The van der Waals surface area contributed by atoms with E-state index >= 15 is 4.39 Å². The minimum atomic E-state index is -2.65. The van der Waals surface area contributed by atoms with Crippen molar-refractivity contribution >= 4 is 42.2 Å². The third-order valence-electron chi connectivity index (χ3n) is 13.4. The number of ether oxygens (including phenoxy) is 4. The van der Waals surface area contributed by atoms with Gasteiger partial charge in [0.25, 0.3) is 8.32 Å². The molecule has 1 aliphatic rings. The number of piperidine rings is 1. The highest BCUT2D eigenvalue weighted by Gasteiger charge is 2.51. The first-order chi connectivity index (χ1) is 34.3. The molecule has 7 rings (SSSR count). The zero-order chi connectivity index (χ0) is 51.7. The Morgan fingerprint density at radius 1 is 0.875 bits per heavy atom. The Bertz CT molecular complexity index is 2710. The van der Waals surface area contributed by atoms with Crippen LogP contribution in [0.25, 0.3) is 11.7 Å². The smallest absolute Gasteiger partial charge is 0.340 e. The summed E-state index contributed by atoms with van der Waals surface area (Å²) in [6.07, 6.45) is 7.04. The number of aromatic nitrogens is 3. The average molecular weight is 1000 g/mol. The molecule has 2 atom stereocenters. The standard InChI is InChI=1S/C59H74F2N4O6Si/c1-11-67-56(66)54(70-57(4,5)6)52-43(3)62-51-40-47(28-23-27-45-38-46(60)39-50(61)53(45)68-41-44-25-15-12-16-26-44)63-65(51)55(52)64-35-33-59(10,34-36-64)69-37-22-21-24-42(2)71-72(58(7,8)9,48-29-17-13-18-30-48)49-31-19-14-20-32-49/h12-20,23,25-26,28-32,38-40,42,54H,11,21-22,24,27,33-37,41H2,1-10H3/t42-,54?/m1/s1. The van der Waals surface area contributed by atoms with Crippen LogP contribution < -0.4 is 20.0 Å². The molecule has 0 aliphatic carbocycles. The number of carbonyl (C=O) groups is 1. The fourth-order valence-electron chi connectivity index (χ4n) is 9.83. The van der Waals surface area contributed by atoms with Crippen LogP contribution in [0.2, 0.25) is 5.04 Å². The molecule has 384 valence electrons. The van der Waals surface area contributed by atoms with Crippen molar-refractivity contribution in [3.8, 4) is 5.75 Å². The quantitative estimate of drug-likeness (QED) is 0.0397. The number of carbonyl (C=O) groups excluding carboxylic acids is 1. The molecule has 1 saturated heterocycles. The Kier molecular flexibility index (Phi) is 17.6. The Balaban J connectivity index is 1.07. The van der Waals surface area contributed by atoms with Crippen molar-refractivity contribution in [3.63, 3.8) is 0 Å².